The summed E-state index contributed by atoms with van der Waals surface area (Å²) >= 11 is 0. The van der Waals surface area contributed by atoms with Crippen LogP contribution in [0.15, 0.2) is 29.3 Å². The maximum absolute atomic E-state index is 5.36. The average molecular weight is 419 g/mol. The van der Waals surface area contributed by atoms with Gasteiger partial charge in [0.25, 0.3) is 0 Å². The molecule has 0 aliphatic rings. The van der Waals surface area contributed by atoms with E-state index in [4.69, 9.17) is 4.74 Å². The van der Waals surface area contributed by atoms with Gasteiger partial charge in [-0.15, -0.1) is 24.0 Å². The van der Waals surface area contributed by atoms with Crippen LogP contribution in [0.25, 0.3) is 0 Å². The average Bonchev–Trinajstić information content (AvgIpc) is 2.54. The van der Waals surface area contributed by atoms with Crippen LogP contribution >= 0.6 is 24.0 Å². The number of hydrogen-bond acceptors (Lipinski definition) is 2. The molecule has 0 saturated carbocycles. The maximum atomic E-state index is 5.36. The fourth-order valence-corrected chi connectivity index (χ4v) is 2.26. The van der Waals surface area contributed by atoms with Crippen LogP contribution in [0, 0.1) is 5.92 Å². The van der Waals surface area contributed by atoms with E-state index in [2.05, 4.69) is 35.5 Å². The van der Waals surface area contributed by atoms with Crippen LogP contribution in [0.4, 0.5) is 0 Å². The first-order valence-electron chi connectivity index (χ1n) is 7.81. The number of halogens is 1. The number of nitrogens with one attached hydrogen (secondary N) is 2. The van der Waals surface area contributed by atoms with Gasteiger partial charge in [-0.1, -0.05) is 44.9 Å². The van der Waals surface area contributed by atoms with Gasteiger partial charge in [-0.2, -0.15) is 0 Å². The van der Waals surface area contributed by atoms with Crippen molar-refractivity contribution in [2.75, 3.05) is 27.2 Å². The van der Waals surface area contributed by atoms with Gasteiger partial charge >= 0.3 is 0 Å². The van der Waals surface area contributed by atoms with Crippen molar-refractivity contribution in [2.45, 2.75) is 33.1 Å². The smallest absolute Gasteiger partial charge is 0.190 e. The van der Waals surface area contributed by atoms with E-state index in [-0.39, 0.29) is 24.0 Å². The standard InChI is InChI=1S/C17H29N3O.HI/c1-5-14(6-2)13-20-17(18-3)19-12-11-15-9-7-8-10-16(15)21-4;/h7-10,14H,5-6,11-13H2,1-4H3,(H2,18,19,20);1H. The van der Waals surface area contributed by atoms with Crippen LogP contribution in [0.5, 0.6) is 5.75 Å². The zero-order valence-corrected chi connectivity index (χ0v) is 16.5. The van der Waals surface area contributed by atoms with Crippen molar-refractivity contribution in [1.29, 1.82) is 0 Å². The van der Waals surface area contributed by atoms with Gasteiger partial charge < -0.3 is 15.4 Å². The predicted molar refractivity (Wildman–Crippen MR) is 106 cm³/mol. The number of ether oxygens (including phenoxy) is 1. The Bertz CT molecular complexity index is 434. The van der Waals surface area contributed by atoms with E-state index in [1.54, 1.807) is 7.11 Å². The Morgan fingerprint density at radius 2 is 1.86 bits per heavy atom. The summed E-state index contributed by atoms with van der Waals surface area (Å²) in [6, 6.07) is 8.13. The molecule has 0 spiro atoms. The molecule has 0 heterocycles. The highest BCUT2D eigenvalue weighted by molar-refractivity contribution is 14.0. The summed E-state index contributed by atoms with van der Waals surface area (Å²) in [5.41, 5.74) is 1.21. The molecular formula is C17H30IN3O. The van der Waals surface area contributed by atoms with Crippen LogP contribution < -0.4 is 15.4 Å². The summed E-state index contributed by atoms with van der Waals surface area (Å²) in [5.74, 6) is 2.52. The lowest BCUT2D eigenvalue weighted by atomic mass is 10.0. The Morgan fingerprint density at radius 1 is 1.18 bits per heavy atom. The topological polar surface area (TPSA) is 45.7 Å². The van der Waals surface area contributed by atoms with Gasteiger partial charge in [0, 0.05) is 20.1 Å². The molecule has 0 aromatic heterocycles. The van der Waals surface area contributed by atoms with Crippen molar-refractivity contribution in [1.82, 2.24) is 10.6 Å². The van der Waals surface area contributed by atoms with Crippen LogP contribution in [0.1, 0.15) is 32.3 Å². The van der Waals surface area contributed by atoms with E-state index in [1.807, 2.05) is 25.2 Å². The molecule has 0 amide bonds. The highest BCUT2D eigenvalue weighted by Crippen LogP contribution is 2.17. The summed E-state index contributed by atoms with van der Waals surface area (Å²) < 4.78 is 5.36. The van der Waals surface area contributed by atoms with Crippen molar-refractivity contribution in [3.63, 3.8) is 0 Å². The third-order valence-corrected chi connectivity index (χ3v) is 3.82. The molecule has 0 fully saturated rings. The first kappa shape index (κ1) is 21.0. The highest BCUT2D eigenvalue weighted by atomic mass is 127. The molecule has 2 N–H and O–H groups in total. The molecule has 0 atom stereocenters. The van der Waals surface area contributed by atoms with Crippen molar-refractivity contribution in [3.8, 4) is 5.75 Å². The molecule has 22 heavy (non-hydrogen) atoms. The van der Waals surface area contributed by atoms with Crippen LogP contribution in [-0.4, -0.2) is 33.2 Å². The van der Waals surface area contributed by atoms with Gasteiger partial charge in [0.15, 0.2) is 5.96 Å². The molecule has 0 unspecified atom stereocenters. The van der Waals surface area contributed by atoms with Gasteiger partial charge in [-0.05, 0) is 24.0 Å². The quantitative estimate of drug-likeness (QED) is 0.386. The van der Waals surface area contributed by atoms with E-state index < -0.39 is 0 Å². The monoisotopic (exact) mass is 419 g/mol. The van der Waals surface area contributed by atoms with E-state index in [0.29, 0.717) is 5.92 Å². The second-order valence-electron chi connectivity index (χ2n) is 5.12. The van der Waals surface area contributed by atoms with Gasteiger partial charge in [-0.3, -0.25) is 4.99 Å². The number of rotatable bonds is 8. The largest absolute Gasteiger partial charge is 0.496 e. The number of benzene rings is 1. The first-order chi connectivity index (χ1) is 10.2. The molecule has 4 nitrogen and oxygen atoms in total. The summed E-state index contributed by atoms with van der Waals surface area (Å²) in [6.45, 7) is 6.27. The Balaban J connectivity index is 0.00000441. The molecule has 1 rings (SSSR count). The van der Waals surface area contributed by atoms with Crippen molar-refractivity contribution < 1.29 is 4.74 Å². The first-order valence-corrected chi connectivity index (χ1v) is 7.81. The molecule has 5 heteroatoms. The lowest BCUT2D eigenvalue weighted by Crippen LogP contribution is -2.40. The van der Waals surface area contributed by atoms with E-state index in [0.717, 1.165) is 31.2 Å². The summed E-state index contributed by atoms with van der Waals surface area (Å²) in [5, 5.41) is 6.75. The molecular weight excluding hydrogens is 389 g/mol. The molecule has 0 bridgehead atoms. The highest BCUT2D eigenvalue weighted by Gasteiger charge is 2.05. The number of methoxy groups -OCH3 is 1. The van der Waals surface area contributed by atoms with Gasteiger partial charge in [-0.25, -0.2) is 0 Å². The van der Waals surface area contributed by atoms with Crippen LogP contribution in [0.3, 0.4) is 0 Å². The number of aliphatic imine (C=N–C) groups is 1. The second kappa shape index (κ2) is 12.6. The zero-order valence-electron chi connectivity index (χ0n) is 14.2. The second-order valence-corrected chi connectivity index (χ2v) is 5.12. The van der Waals surface area contributed by atoms with Gasteiger partial charge in [0.2, 0.25) is 0 Å². The fourth-order valence-electron chi connectivity index (χ4n) is 2.26. The van der Waals surface area contributed by atoms with Gasteiger partial charge in [0.1, 0.15) is 5.75 Å². The molecule has 1 aromatic carbocycles. The lowest BCUT2D eigenvalue weighted by Gasteiger charge is -2.17. The van der Waals surface area contributed by atoms with Crippen LogP contribution in [0.2, 0.25) is 0 Å². The Kier molecular flexibility index (Phi) is 12.0. The normalized spacial score (nSPS) is 11.0. The van der Waals surface area contributed by atoms with E-state index in [9.17, 15) is 0 Å². The minimum absolute atomic E-state index is 0. The van der Waals surface area contributed by atoms with Crippen molar-refractivity contribution in [3.05, 3.63) is 29.8 Å². The summed E-state index contributed by atoms with van der Waals surface area (Å²) in [7, 11) is 3.52. The molecule has 126 valence electrons. The fraction of sp³-hybridized carbons (Fsp3) is 0.588. The van der Waals surface area contributed by atoms with Crippen molar-refractivity contribution in [2.24, 2.45) is 10.9 Å². The van der Waals surface area contributed by atoms with E-state index >= 15 is 0 Å². The molecule has 0 saturated heterocycles. The van der Waals surface area contributed by atoms with Gasteiger partial charge in [0.05, 0.1) is 7.11 Å². The summed E-state index contributed by atoms with van der Waals surface area (Å²) in [4.78, 5) is 4.27. The number of nitrogens with zero attached hydrogens (tertiary/aromatic N) is 1. The number of guanidine groups is 1. The predicted octanol–water partition coefficient (Wildman–Crippen LogP) is 3.46. The molecule has 0 aliphatic carbocycles. The molecule has 1 aromatic rings. The SMILES string of the molecule is CCC(CC)CNC(=NC)NCCc1ccccc1OC.I. The Hall–Kier alpha value is -0.980. The maximum Gasteiger partial charge on any atom is 0.190 e. The third kappa shape index (κ3) is 7.33. The zero-order chi connectivity index (χ0) is 15.5. The Labute approximate surface area is 152 Å². The van der Waals surface area contributed by atoms with Crippen LogP contribution in [-0.2, 0) is 6.42 Å². The number of para-hydroxylation sites is 1. The minimum atomic E-state index is 0. The number of hydrogen-bond donors (Lipinski definition) is 2. The lowest BCUT2D eigenvalue weighted by molar-refractivity contribution is 0.409. The molecule has 0 aliphatic heterocycles. The minimum Gasteiger partial charge on any atom is -0.496 e. The Morgan fingerprint density at radius 3 is 2.45 bits per heavy atom. The molecule has 0 radical (unpaired) electrons. The van der Waals surface area contributed by atoms with E-state index in [1.165, 1.54) is 18.4 Å². The summed E-state index contributed by atoms with van der Waals surface area (Å²) in [6.07, 6.45) is 3.30. The third-order valence-electron chi connectivity index (χ3n) is 3.82. The van der Waals surface area contributed by atoms with Crippen molar-refractivity contribution >= 4 is 29.9 Å².